The van der Waals surface area contributed by atoms with Crippen LogP contribution in [0.4, 0.5) is 0 Å². The van der Waals surface area contributed by atoms with E-state index in [1.165, 1.54) is 9.35 Å². The maximum absolute atomic E-state index is 5.78. The summed E-state index contributed by atoms with van der Waals surface area (Å²) in [5, 5.41) is 2.11. The molecule has 3 nitrogen and oxygen atoms in total. The van der Waals surface area contributed by atoms with Crippen molar-refractivity contribution in [3.8, 4) is 0 Å². The van der Waals surface area contributed by atoms with Crippen LogP contribution in [0.1, 0.15) is 4.88 Å². The molecule has 0 aliphatic carbocycles. The van der Waals surface area contributed by atoms with Crippen molar-refractivity contribution in [3.05, 3.63) is 20.8 Å². The Labute approximate surface area is 104 Å². The van der Waals surface area contributed by atoms with Crippen LogP contribution in [0.15, 0.2) is 15.9 Å². The second-order valence-corrected chi connectivity index (χ2v) is 5.65. The van der Waals surface area contributed by atoms with Crippen molar-refractivity contribution >= 4 is 27.3 Å². The fraction of sp³-hybridized carbons (Fsp3) is 0.600. The largest absolute Gasteiger partial charge is 0.329 e. The molecule has 1 atom stereocenters. The lowest BCUT2D eigenvalue weighted by atomic mass is 10.2. The summed E-state index contributed by atoms with van der Waals surface area (Å²) < 4.78 is 1.17. The lowest BCUT2D eigenvalue weighted by Crippen LogP contribution is -2.41. The first-order valence-corrected chi connectivity index (χ1v) is 6.66. The van der Waals surface area contributed by atoms with Gasteiger partial charge in [0.15, 0.2) is 0 Å². The van der Waals surface area contributed by atoms with Gasteiger partial charge in [-0.15, -0.1) is 11.3 Å². The number of halogens is 1. The van der Waals surface area contributed by atoms with Crippen LogP contribution in [0.3, 0.4) is 0 Å². The van der Waals surface area contributed by atoms with Gasteiger partial charge in [-0.05, 0) is 35.5 Å². The maximum Gasteiger partial charge on any atom is 0.0292 e. The molecule has 1 heterocycles. The van der Waals surface area contributed by atoms with Crippen molar-refractivity contribution in [3.63, 3.8) is 0 Å². The van der Waals surface area contributed by atoms with Gasteiger partial charge in [0.05, 0.1) is 0 Å². The topological polar surface area (TPSA) is 55.3 Å². The standard InChI is InChI=1S/C10H18BrN3S/c1-14(6-9(13)5-12)3-2-10-4-8(11)7-15-10/h4,7,9H,2-3,5-6,12-13H2,1H3. The predicted octanol–water partition coefficient (Wildman–Crippen LogP) is 1.27. The minimum Gasteiger partial charge on any atom is -0.329 e. The zero-order valence-corrected chi connectivity index (χ0v) is 11.4. The predicted molar refractivity (Wildman–Crippen MR) is 70.2 cm³/mol. The van der Waals surface area contributed by atoms with Gasteiger partial charge < -0.3 is 16.4 Å². The molecule has 1 aromatic heterocycles. The lowest BCUT2D eigenvalue weighted by Gasteiger charge is -2.19. The zero-order valence-electron chi connectivity index (χ0n) is 8.95. The van der Waals surface area contributed by atoms with Crippen LogP contribution in [-0.2, 0) is 6.42 Å². The van der Waals surface area contributed by atoms with Gasteiger partial charge in [0.25, 0.3) is 0 Å². The molecule has 5 heteroatoms. The van der Waals surface area contributed by atoms with Crippen LogP contribution >= 0.6 is 27.3 Å². The van der Waals surface area contributed by atoms with Gasteiger partial charge in [-0.2, -0.15) is 0 Å². The highest BCUT2D eigenvalue weighted by Gasteiger charge is 2.05. The second-order valence-electron chi connectivity index (χ2n) is 3.74. The van der Waals surface area contributed by atoms with E-state index in [1.807, 2.05) is 0 Å². The Hall–Kier alpha value is 0.0600. The molecule has 4 N–H and O–H groups in total. The summed E-state index contributed by atoms with van der Waals surface area (Å²) in [6.07, 6.45) is 1.07. The molecule has 0 bridgehead atoms. The summed E-state index contributed by atoms with van der Waals surface area (Å²) in [6.45, 7) is 2.44. The summed E-state index contributed by atoms with van der Waals surface area (Å²) in [5.74, 6) is 0. The number of hydrogen-bond acceptors (Lipinski definition) is 4. The molecule has 86 valence electrons. The average molecular weight is 292 g/mol. The first kappa shape index (κ1) is 13.1. The molecule has 0 saturated carbocycles. The van der Waals surface area contributed by atoms with Crippen molar-refractivity contribution in [2.75, 3.05) is 26.7 Å². The second kappa shape index (κ2) is 6.60. The summed E-state index contributed by atoms with van der Waals surface area (Å²) >= 11 is 5.24. The fourth-order valence-electron chi connectivity index (χ4n) is 1.35. The number of nitrogens with zero attached hydrogens (tertiary/aromatic N) is 1. The molecular weight excluding hydrogens is 274 g/mol. The third-order valence-electron chi connectivity index (χ3n) is 2.21. The Balaban J connectivity index is 2.25. The zero-order chi connectivity index (χ0) is 11.3. The minimum atomic E-state index is 0.0880. The van der Waals surface area contributed by atoms with Gasteiger partial charge in [-0.25, -0.2) is 0 Å². The van der Waals surface area contributed by atoms with Gasteiger partial charge in [0.2, 0.25) is 0 Å². The van der Waals surface area contributed by atoms with Crippen LogP contribution < -0.4 is 11.5 Å². The third kappa shape index (κ3) is 5.08. The van der Waals surface area contributed by atoms with E-state index in [9.17, 15) is 0 Å². The molecule has 0 aliphatic heterocycles. The Bertz CT molecular complexity index is 290. The highest BCUT2D eigenvalue weighted by molar-refractivity contribution is 9.10. The normalized spacial score (nSPS) is 13.4. The Morgan fingerprint density at radius 2 is 2.33 bits per heavy atom. The first-order valence-electron chi connectivity index (χ1n) is 4.99. The van der Waals surface area contributed by atoms with E-state index in [0.29, 0.717) is 6.54 Å². The monoisotopic (exact) mass is 291 g/mol. The highest BCUT2D eigenvalue weighted by Crippen LogP contribution is 2.20. The molecule has 0 spiro atoms. The van der Waals surface area contributed by atoms with Crippen molar-refractivity contribution in [1.29, 1.82) is 0 Å². The van der Waals surface area contributed by atoms with E-state index >= 15 is 0 Å². The van der Waals surface area contributed by atoms with Crippen molar-refractivity contribution in [1.82, 2.24) is 4.90 Å². The average Bonchev–Trinajstić information content (AvgIpc) is 2.61. The van der Waals surface area contributed by atoms with Crippen LogP contribution in [0.25, 0.3) is 0 Å². The molecule has 0 aromatic carbocycles. The number of likely N-dealkylation sites (N-methyl/N-ethyl adjacent to an activating group) is 1. The number of hydrogen-bond donors (Lipinski definition) is 2. The van der Waals surface area contributed by atoms with Crippen molar-refractivity contribution in [2.45, 2.75) is 12.5 Å². The van der Waals surface area contributed by atoms with E-state index in [0.717, 1.165) is 19.5 Å². The Morgan fingerprint density at radius 1 is 1.60 bits per heavy atom. The van der Waals surface area contributed by atoms with Crippen molar-refractivity contribution < 1.29 is 0 Å². The van der Waals surface area contributed by atoms with E-state index in [-0.39, 0.29) is 6.04 Å². The molecule has 1 aromatic rings. The molecule has 1 unspecified atom stereocenters. The smallest absolute Gasteiger partial charge is 0.0292 e. The number of nitrogens with two attached hydrogens (primary N) is 2. The third-order valence-corrected chi connectivity index (χ3v) is 3.97. The van der Waals surface area contributed by atoms with Gasteiger partial charge in [-0.1, -0.05) is 0 Å². The lowest BCUT2D eigenvalue weighted by molar-refractivity contribution is 0.317. The van der Waals surface area contributed by atoms with Crippen LogP contribution in [0.2, 0.25) is 0 Å². The molecule has 0 fully saturated rings. The fourth-order valence-corrected chi connectivity index (χ4v) is 2.80. The maximum atomic E-state index is 5.78. The molecule has 0 radical (unpaired) electrons. The molecular formula is C10H18BrN3S. The number of rotatable bonds is 6. The first-order chi connectivity index (χ1) is 7.11. The quantitative estimate of drug-likeness (QED) is 0.830. The van der Waals surface area contributed by atoms with E-state index in [1.54, 1.807) is 11.3 Å². The summed E-state index contributed by atoms with van der Waals surface area (Å²) in [4.78, 5) is 3.63. The van der Waals surface area contributed by atoms with Gasteiger partial charge in [-0.3, -0.25) is 0 Å². The van der Waals surface area contributed by atoms with E-state index < -0.39 is 0 Å². The number of thiophene rings is 1. The van der Waals surface area contributed by atoms with E-state index in [2.05, 4.69) is 39.3 Å². The highest BCUT2D eigenvalue weighted by atomic mass is 79.9. The van der Waals surface area contributed by atoms with Crippen LogP contribution in [-0.4, -0.2) is 37.6 Å². The molecule has 0 aliphatic rings. The summed E-state index contributed by atoms with van der Waals surface area (Å²) in [7, 11) is 2.08. The van der Waals surface area contributed by atoms with Gasteiger partial charge in [0.1, 0.15) is 0 Å². The SMILES string of the molecule is CN(CCc1cc(Br)cs1)CC(N)CN. The minimum absolute atomic E-state index is 0.0880. The Morgan fingerprint density at radius 3 is 2.87 bits per heavy atom. The van der Waals surface area contributed by atoms with E-state index in [4.69, 9.17) is 11.5 Å². The molecule has 0 saturated heterocycles. The van der Waals surface area contributed by atoms with Crippen LogP contribution in [0, 0.1) is 0 Å². The summed E-state index contributed by atoms with van der Waals surface area (Å²) in [5.41, 5.74) is 11.3. The molecule has 0 amide bonds. The van der Waals surface area contributed by atoms with Crippen molar-refractivity contribution in [2.24, 2.45) is 11.5 Å². The summed E-state index contributed by atoms with van der Waals surface area (Å²) in [6, 6.07) is 2.26. The van der Waals surface area contributed by atoms with Gasteiger partial charge in [0, 0.05) is 40.4 Å². The molecule has 1 rings (SSSR count). The molecule has 15 heavy (non-hydrogen) atoms. The van der Waals surface area contributed by atoms with Gasteiger partial charge >= 0.3 is 0 Å². The Kier molecular flexibility index (Phi) is 5.78. The van der Waals surface area contributed by atoms with Crippen LogP contribution in [0.5, 0.6) is 0 Å².